The van der Waals surface area contributed by atoms with Gasteiger partial charge >= 0.3 is 18.2 Å². The third-order valence-electron chi connectivity index (χ3n) is 7.48. The number of carbonyl (C=O) groups excluding carboxylic acids is 2. The highest BCUT2D eigenvalue weighted by Crippen LogP contribution is 2.45. The Morgan fingerprint density at radius 2 is 1.52 bits per heavy atom. The van der Waals surface area contributed by atoms with Gasteiger partial charge in [0.2, 0.25) is 0 Å². The van der Waals surface area contributed by atoms with Crippen molar-refractivity contribution in [3.8, 4) is 11.1 Å². The summed E-state index contributed by atoms with van der Waals surface area (Å²) >= 11 is 0. The lowest BCUT2D eigenvalue weighted by molar-refractivity contribution is -0.160. The largest absolute Gasteiger partial charge is 0.479 e. The number of rotatable bonds is 9. The minimum Gasteiger partial charge on any atom is -0.479 e. The molecular weight excluding hydrogens is 512 g/mol. The van der Waals surface area contributed by atoms with E-state index in [1.807, 2.05) is 50.2 Å². The number of nitrogens with one attached hydrogen (secondary N) is 1. The van der Waals surface area contributed by atoms with Crippen LogP contribution in [-0.2, 0) is 19.0 Å². The van der Waals surface area contributed by atoms with Crippen LogP contribution in [0.15, 0.2) is 48.5 Å². The molecule has 0 heterocycles. The molecule has 9 heteroatoms. The van der Waals surface area contributed by atoms with E-state index in [0.29, 0.717) is 6.61 Å². The molecule has 0 radical (unpaired) electrons. The Hall–Kier alpha value is -3.59. The van der Waals surface area contributed by atoms with Crippen LogP contribution in [-0.4, -0.2) is 72.2 Å². The highest BCUT2D eigenvalue weighted by atomic mass is 16.6. The molecule has 0 atom stereocenters. The second kappa shape index (κ2) is 11.1. The first-order valence-corrected chi connectivity index (χ1v) is 13.6. The molecule has 2 amide bonds. The minimum atomic E-state index is -1.53. The van der Waals surface area contributed by atoms with Gasteiger partial charge in [-0.15, -0.1) is 0 Å². The molecule has 1 saturated carbocycles. The molecule has 0 aliphatic heterocycles. The van der Waals surface area contributed by atoms with Crippen molar-refractivity contribution in [2.45, 2.75) is 70.6 Å². The van der Waals surface area contributed by atoms with Crippen molar-refractivity contribution >= 4 is 18.2 Å². The van der Waals surface area contributed by atoms with Gasteiger partial charge in [0.25, 0.3) is 0 Å². The van der Waals surface area contributed by atoms with Crippen LogP contribution in [0.5, 0.6) is 0 Å². The van der Waals surface area contributed by atoms with Gasteiger partial charge in [0.1, 0.15) is 17.7 Å². The average Bonchev–Trinajstić information content (AvgIpc) is 3.15. The van der Waals surface area contributed by atoms with Crippen LogP contribution in [0.4, 0.5) is 9.59 Å². The Labute approximate surface area is 235 Å². The monoisotopic (exact) mass is 552 g/mol. The summed E-state index contributed by atoms with van der Waals surface area (Å²) in [5.74, 6) is -1.30. The normalized spacial score (nSPS) is 20.1. The van der Waals surface area contributed by atoms with E-state index in [4.69, 9.17) is 14.2 Å². The molecule has 9 nitrogen and oxygen atoms in total. The average molecular weight is 553 g/mol. The molecule has 216 valence electrons. The molecule has 0 bridgehead atoms. The number of alkyl carbamates (subject to hydrolysis) is 1. The maximum atomic E-state index is 13.8. The minimum absolute atomic E-state index is 0.0365. The summed E-state index contributed by atoms with van der Waals surface area (Å²) in [6, 6.07) is 15.6. The van der Waals surface area contributed by atoms with Crippen LogP contribution < -0.4 is 5.32 Å². The fourth-order valence-corrected chi connectivity index (χ4v) is 5.77. The van der Waals surface area contributed by atoms with E-state index >= 15 is 0 Å². The Morgan fingerprint density at radius 1 is 0.975 bits per heavy atom. The van der Waals surface area contributed by atoms with E-state index in [1.54, 1.807) is 27.9 Å². The van der Waals surface area contributed by atoms with E-state index in [9.17, 15) is 19.5 Å². The van der Waals surface area contributed by atoms with Gasteiger partial charge < -0.3 is 24.6 Å². The number of carboxylic acids is 1. The molecule has 0 aromatic heterocycles. The molecule has 2 aliphatic rings. The lowest BCUT2D eigenvalue weighted by Crippen LogP contribution is -2.70. The van der Waals surface area contributed by atoms with Crippen LogP contribution in [0.25, 0.3) is 11.1 Å². The number of nitrogens with zero attached hydrogens (tertiary/aromatic N) is 1. The number of hydrogen-bond donors (Lipinski definition) is 2. The number of benzene rings is 2. The standard InChI is InChI=1S/C31H40N2O7/c1-29(2,3)40-27(36)32-20-15-31(16-20,26(34)35)33(18-30(4,5)19-38-6)28(37)39-17-25-23-13-9-7-11-21(23)22-12-8-10-14-24(22)25/h7-14,20,25H,15-19H2,1-6H3,(H,32,36)(H,34,35). The first kappa shape index (κ1) is 29.4. The molecule has 40 heavy (non-hydrogen) atoms. The van der Waals surface area contributed by atoms with Crippen molar-refractivity contribution in [2.24, 2.45) is 5.41 Å². The van der Waals surface area contributed by atoms with Gasteiger partial charge in [-0.1, -0.05) is 62.4 Å². The van der Waals surface area contributed by atoms with Crippen molar-refractivity contribution in [3.63, 3.8) is 0 Å². The number of aliphatic carboxylic acids is 1. The summed E-state index contributed by atoms with van der Waals surface area (Å²) in [5.41, 5.74) is 1.58. The van der Waals surface area contributed by atoms with Gasteiger partial charge in [0.05, 0.1) is 6.61 Å². The van der Waals surface area contributed by atoms with Gasteiger partial charge in [0.15, 0.2) is 0 Å². The van der Waals surface area contributed by atoms with E-state index in [1.165, 1.54) is 4.90 Å². The predicted octanol–water partition coefficient (Wildman–Crippen LogP) is 5.42. The van der Waals surface area contributed by atoms with Gasteiger partial charge in [-0.25, -0.2) is 14.4 Å². The van der Waals surface area contributed by atoms with Crippen LogP contribution in [0.3, 0.4) is 0 Å². The summed E-state index contributed by atoms with van der Waals surface area (Å²) in [6.45, 7) is 9.57. The van der Waals surface area contributed by atoms with Crippen molar-refractivity contribution in [3.05, 3.63) is 59.7 Å². The SMILES string of the molecule is COCC(C)(C)CN(C(=O)OCC1c2ccccc2-c2ccccc21)C1(C(=O)O)CC(NC(=O)OC(C)(C)C)C1. The smallest absolute Gasteiger partial charge is 0.410 e. The van der Waals surface area contributed by atoms with E-state index in [0.717, 1.165) is 22.3 Å². The van der Waals surface area contributed by atoms with Crippen LogP contribution >= 0.6 is 0 Å². The Morgan fingerprint density at radius 3 is 2.02 bits per heavy atom. The molecular formula is C31H40N2O7. The lowest BCUT2D eigenvalue weighted by atomic mass is 9.70. The van der Waals surface area contributed by atoms with E-state index in [2.05, 4.69) is 17.4 Å². The van der Waals surface area contributed by atoms with Crippen LogP contribution in [0.1, 0.15) is 64.5 Å². The maximum absolute atomic E-state index is 13.8. The molecule has 0 spiro atoms. The molecule has 4 rings (SSSR count). The number of carboxylic acid groups (broad SMARTS) is 1. The highest BCUT2D eigenvalue weighted by molar-refractivity contribution is 5.86. The summed E-state index contributed by atoms with van der Waals surface area (Å²) in [7, 11) is 1.57. The van der Waals surface area contributed by atoms with Crippen molar-refractivity contribution in [1.29, 1.82) is 0 Å². The van der Waals surface area contributed by atoms with Gasteiger partial charge in [-0.05, 0) is 43.0 Å². The molecule has 2 aliphatic carbocycles. The third kappa shape index (κ3) is 6.09. The van der Waals surface area contributed by atoms with E-state index in [-0.39, 0.29) is 31.9 Å². The predicted molar refractivity (Wildman–Crippen MR) is 150 cm³/mol. The Kier molecular flexibility index (Phi) is 8.17. The van der Waals surface area contributed by atoms with E-state index < -0.39 is 40.8 Å². The Balaban J connectivity index is 1.55. The number of carbonyl (C=O) groups is 3. The lowest BCUT2D eigenvalue weighted by Gasteiger charge is -2.51. The molecule has 2 N–H and O–H groups in total. The fourth-order valence-electron chi connectivity index (χ4n) is 5.77. The molecule has 2 aromatic carbocycles. The number of fused-ring (bicyclic) bond motifs is 3. The van der Waals surface area contributed by atoms with Crippen LogP contribution in [0.2, 0.25) is 0 Å². The molecule has 2 aromatic rings. The zero-order valence-electron chi connectivity index (χ0n) is 24.2. The third-order valence-corrected chi connectivity index (χ3v) is 7.48. The number of methoxy groups -OCH3 is 1. The van der Waals surface area contributed by atoms with Gasteiger partial charge in [-0.3, -0.25) is 4.90 Å². The van der Waals surface area contributed by atoms with Crippen molar-refractivity contribution in [1.82, 2.24) is 10.2 Å². The zero-order valence-corrected chi connectivity index (χ0v) is 24.2. The highest BCUT2D eigenvalue weighted by Gasteiger charge is 2.58. The zero-order chi connectivity index (χ0) is 29.3. The summed E-state index contributed by atoms with van der Waals surface area (Å²) in [6.07, 6.45) is -1.25. The van der Waals surface area contributed by atoms with Crippen molar-refractivity contribution in [2.75, 3.05) is 26.9 Å². The van der Waals surface area contributed by atoms with Crippen LogP contribution in [0, 0.1) is 5.41 Å². The molecule has 0 unspecified atom stereocenters. The second-order valence-electron chi connectivity index (χ2n) is 12.6. The quantitative estimate of drug-likeness (QED) is 0.427. The summed E-state index contributed by atoms with van der Waals surface area (Å²) in [4.78, 5) is 40.1. The summed E-state index contributed by atoms with van der Waals surface area (Å²) in [5, 5.41) is 13.1. The number of hydrogen-bond acceptors (Lipinski definition) is 6. The topological polar surface area (TPSA) is 114 Å². The first-order valence-electron chi connectivity index (χ1n) is 13.6. The molecule has 1 fully saturated rings. The first-order chi connectivity index (χ1) is 18.8. The maximum Gasteiger partial charge on any atom is 0.410 e. The summed E-state index contributed by atoms with van der Waals surface area (Å²) < 4.78 is 16.6. The second-order valence-corrected chi connectivity index (χ2v) is 12.6. The van der Waals surface area contributed by atoms with Gasteiger partial charge in [-0.2, -0.15) is 0 Å². The van der Waals surface area contributed by atoms with Gasteiger partial charge in [0, 0.05) is 43.9 Å². The number of ether oxygens (including phenoxy) is 3. The molecule has 0 saturated heterocycles. The Bertz CT molecular complexity index is 1210. The fraction of sp³-hybridized carbons (Fsp3) is 0.516. The number of amides is 2. The van der Waals surface area contributed by atoms with Crippen molar-refractivity contribution < 1.29 is 33.7 Å².